The number of benzene rings is 1. The number of aromatic nitrogens is 2. The third-order valence-electron chi connectivity index (χ3n) is 4.21. The minimum Gasteiger partial charge on any atom is -0.465 e. The third-order valence-corrected chi connectivity index (χ3v) is 4.21. The minimum atomic E-state index is -0.700. The minimum absolute atomic E-state index is 0.0109. The van der Waals surface area contributed by atoms with Gasteiger partial charge in [0.25, 0.3) is 11.5 Å². The first-order chi connectivity index (χ1) is 13.8. The van der Waals surface area contributed by atoms with Crippen molar-refractivity contribution in [1.82, 2.24) is 9.55 Å². The largest absolute Gasteiger partial charge is 0.465 e. The summed E-state index contributed by atoms with van der Waals surface area (Å²) in [6, 6.07) is 3.96. The summed E-state index contributed by atoms with van der Waals surface area (Å²) in [6.45, 7) is 1.53. The van der Waals surface area contributed by atoms with Crippen LogP contribution >= 0.6 is 0 Å². The van der Waals surface area contributed by atoms with E-state index in [0.29, 0.717) is 0 Å². The number of hydrogen-bond acceptors (Lipinski definition) is 8. The monoisotopic (exact) mass is 399 g/mol. The van der Waals surface area contributed by atoms with Crippen LogP contribution in [-0.2, 0) is 16.5 Å². The van der Waals surface area contributed by atoms with E-state index >= 15 is 0 Å². The fourth-order valence-corrected chi connectivity index (χ4v) is 2.83. The van der Waals surface area contributed by atoms with E-state index in [4.69, 9.17) is 4.42 Å². The number of ether oxygens (including phenoxy) is 2. The zero-order chi connectivity index (χ0) is 21.3. The van der Waals surface area contributed by atoms with E-state index in [2.05, 4.69) is 19.8 Å². The summed E-state index contributed by atoms with van der Waals surface area (Å²) in [5.74, 6) is -1.86. The molecular formula is C19H17N3O7. The van der Waals surface area contributed by atoms with Crippen molar-refractivity contribution in [3.8, 4) is 0 Å². The van der Waals surface area contributed by atoms with Gasteiger partial charge in [0.05, 0.1) is 30.9 Å². The molecular weight excluding hydrogens is 382 g/mol. The van der Waals surface area contributed by atoms with Crippen molar-refractivity contribution in [3.05, 3.63) is 57.3 Å². The maximum atomic E-state index is 12.9. The number of fused-ring (bicyclic) bond motifs is 1. The Labute approximate surface area is 164 Å². The van der Waals surface area contributed by atoms with E-state index in [1.54, 1.807) is 0 Å². The zero-order valence-electron chi connectivity index (χ0n) is 16.1. The van der Waals surface area contributed by atoms with Crippen molar-refractivity contribution in [3.63, 3.8) is 0 Å². The molecule has 3 rings (SSSR count). The van der Waals surface area contributed by atoms with Crippen LogP contribution in [0.3, 0.4) is 0 Å². The summed E-state index contributed by atoms with van der Waals surface area (Å²) >= 11 is 0. The number of nitrogens with one attached hydrogen (secondary N) is 1. The van der Waals surface area contributed by atoms with Gasteiger partial charge in [0.2, 0.25) is 5.71 Å². The number of aryl methyl sites for hydroxylation is 2. The van der Waals surface area contributed by atoms with E-state index in [1.165, 1.54) is 57.3 Å². The predicted octanol–water partition coefficient (Wildman–Crippen LogP) is 1.66. The highest BCUT2D eigenvalue weighted by Gasteiger charge is 2.23. The van der Waals surface area contributed by atoms with Crippen molar-refractivity contribution in [2.45, 2.75) is 6.92 Å². The fourth-order valence-electron chi connectivity index (χ4n) is 2.83. The molecule has 29 heavy (non-hydrogen) atoms. The SMILES string of the molecule is COC(=O)c1cc(NC(=O)c2c(C)oc3ncn(C)c(=O)c23)cc(C(=O)OC)c1. The first-order valence-corrected chi connectivity index (χ1v) is 8.34. The molecule has 0 unspecified atom stereocenters. The number of carbonyl (C=O) groups is 3. The molecule has 0 saturated heterocycles. The Morgan fingerprint density at radius 1 is 1.07 bits per heavy atom. The van der Waals surface area contributed by atoms with Gasteiger partial charge < -0.3 is 23.8 Å². The van der Waals surface area contributed by atoms with Crippen molar-refractivity contribution in [1.29, 1.82) is 0 Å². The van der Waals surface area contributed by atoms with Gasteiger partial charge in [0.15, 0.2) is 0 Å². The van der Waals surface area contributed by atoms with E-state index < -0.39 is 23.4 Å². The number of rotatable bonds is 4. The first-order valence-electron chi connectivity index (χ1n) is 8.34. The van der Waals surface area contributed by atoms with Gasteiger partial charge in [-0.1, -0.05) is 0 Å². The lowest BCUT2D eigenvalue weighted by molar-refractivity contribution is 0.0599. The molecule has 1 aromatic carbocycles. The van der Waals surface area contributed by atoms with E-state index in [-0.39, 0.29) is 39.2 Å². The van der Waals surface area contributed by atoms with Crippen LogP contribution in [-0.4, -0.2) is 41.6 Å². The molecule has 0 saturated carbocycles. The van der Waals surface area contributed by atoms with E-state index in [9.17, 15) is 19.2 Å². The van der Waals surface area contributed by atoms with Gasteiger partial charge >= 0.3 is 11.9 Å². The lowest BCUT2D eigenvalue weighted by atomic mass is 10.1. The lowest BCUT2D eigenvalue weighted by Crippen LogP contribution is -2.21. The van der Waals surface area contributed by atoms with E-state index in [1.807, 2.05) is 0 Å². The maximum absolute atomic E-state index is 12.9. The molecule has 0 aliphatic heterocycles. The van der Waals surface area contributed by atoms with Crippen LogP contribution in [0.1, 0.15) is 36.8 Å². The second kappa shape index (κ2) is 7.58. The van der Waals surface area contributed by atoms with Gasteiger partial charge in [-0.15, -0.1) is 0 Å². The zero-order valence-corrected chi connectivity index (χ0v) is 16.1. The highest BCUT2D eigenvalue weighted by Crippen LogP contribution is 2.23. The third kappa shape index (κ3) is 3.59. The second-order valence-electron chi connectivity index (χ2n) is 6.11. The number of carbonyl (C=O) groups excluding carboxylic acids is 3. The topological polar surface area (TPSA) is 130 Å². The molecule has 2 aromatic heterocycles. The van der Waals surface area contributed by atoms with Gasteiger partial charge in [-0.3, -0.25) is 9.59 Å². The molecule has 0 fully saturated rings. The van der Waals surface area contributed by atoms with Gasteiger partial charge in [-0.25, -0.2) is 14.6 Å². The van der Waals surface area contributed by atoms with Crippen LogP contribution in [0.25, 0.3) is 11.1 Å². The smallest absolute Gasteiger partial charge is 0.337 e. The highest BCUT2D eigenvalue weighted by molar-refractivity contribution is 6.13. The molecule has 0 atom stereocenters. The summed E-state index contributed by atoms with van der Waals surface area (Å²) in [5, 5.41) is 2.60. The summed E-state index contributed by atoms with van der Waals surface area (Å²) in [5.41, 5.74) is -0.191. The number of anilines is 1. The van der Waals surface area contributed by atoms with Crippen LogP contribution in [0.15, 0.2) is 33.7 Å². The average Bonchev–Trinajstić information content (AvgIpc) is 3.05. The van der Waals surface area contributed by atoms with Crippen LogP contribution in [0.5, 0.6) is 0 Å². The Hall–Kier alpha value is -3.95. The highest BCUT2D eigenvalue weighted by atomic mass is 16.5. The molecule has 3 aromatic rings. The molecule has 1 N–H and O–H groups in total. The summed E-state index contributed by atoms with van der Waals surface area (Å²) in [6.07, 6.45) is 1.29. The molecule has 0 aliphatic carbocycles. The lowest BCUT2D eigenvalue weighted by Gasteiger charge is -2.09. The summed E-state index contributed by atoms with van der Waals surface area (Å²) in [4.78, 5) is 53.1. The van der Waals surface area contributed by atoms with Crippen LogP contribution in [0.2, 0.25) is 0 Å². The molecule has 10 nitrogen and oxygen atoms in total. The van der Waals surface area contributed by atoms with Crippen molar-refractivity contribution in [2.24, 2.45) is 7.05 Å². The number of nitrogens with zero attached hydrogens (tertiary/aromatic N) is 2. The average molecular weight is 399 g/mol. The van der Waals surface area contributed by atoms with Gasteiger partial charge in [0.1, 0.15) is 17.5 Å². The molecule has 0 bridgehead atoms. The molecule has 2 heterocycles. The van der Waals surface area contributed by atoms with Crippen molar-refractivity contribution in [2.75, 3.05) is 19.5 Å². The Bertz CT molecular complexity index is 1170. The maximum Gasteiger partial charge on any atom is 0.337 e. The normalized spacial score (nSPS) is 10.6. The van der Waals surface area contributed by atoms with Crippen LogP contribution in [0.4, 0.5) is 5.69 Å². The quantitative estimate of drug-likeness (QED) is 0.656. The number of furan rings is 1. The number of amides is 1. The van der Waals surface area contributed by atoms with Crippen molar-refractivity contribution >= 4 is 34.6 Å². The summed E-state index contributed by atoms with van der Waals surface area (Å²) < 4.78 is 16.0. The fraction of sp³-hybridized carbons (Fsp3) is 0.211. The van der Waals surface area contributed by atoms with Crippen molar-refractivity contribution < 1.29 is 28.3 Å². The Kier molecular flexibility index (Phi) is 5.18. The number of hydrogen-bond donors (Lipinski definition) is 1. The Morgan fingerprint density at radius 3 is 2.21 bits per heavy atom. The molecule has 0 spiro atoms. The molecule has 10 heteroatoms. The first kappa shape index (κ1) is 19.8. The Morgan fingerprint density at radius 2 is 1.66 bits per heavy atom. The van der Waals surface area contributed by atoms with Gasteiger partial charge in [0, 0.05) is 12.7 Å². The van der Waals surface area contributed by atoms with Gasteiger partial charge in [-0.2, -0.15) is 0 Å². The Balaban J connectivity index is 2.08. The van der Waals surface area contributed by atoms with Gasteiger partial charge in [-0.05, 0) is 25.1 Å². The van der Waals surface area contributed by atoms with Crippen LogP contribution < -0.4 is 10.9 Å². The number of methoxy groups -OCH3 is 2. The molecule has 0 aliphatic rings. The summed E-state index contributed by atoms with van der Waals surface area (Å²) in [7, 11) is 3.88. The van der Waals surface area contributed by atoms with E-state index in [0.717, 1.165) is 0 Å². The van der Waals surface area contributed by atoms with Crippen LogP contribution in [0, 0.1) is 6.92 Å². The molecule has 150 valence electrons. The molecule has 0 radical (unpaired) electrons. The second-order valence-corrected chi connectivity index (χ2v) is 6.11. The number of esters is 2. The predicted molar refractivity (Wildman–Crippen MR) is 101 cm³/mol. The standard InChI is InChI=1S/C19H17N3O7/c1-9-13(14-16(29-9)20-8-22(2)17(14)24)15(23)21-12-6-10(18(25)27-3)5-11(7-12)19(26)28-4/h5-8H,1-4H3,(H,21,23). The molecule has 1 amide bonds.